The van der Waals surface area contributed by atoms with Gasteiger partial charge in [0.05, 0.1) is 12.2 Å². The normalized spacial score (nSPS) is 28.1. The molecule has 4 heteroatoms. The summed E-state index contributed by atoms with van der Waals surface area (Å²) in [6.07, 6.45) is 11.3. The largest absolute Gasteiger partial charge is 0.493 e. The lowest BCUT2D eigenvalue weighted by molar-refractivity contribution is -0.104. The summed E-state index contributed by atoms with van der Waals surface area (Å²) in [7, 11) is 0. The van der Waals surface area contributed by atoms with Crippen molar-refractivity contribution in [2.75, 3.05) is 19.8 Å². The van der Waals surface area contributed by atoms with Crippen molar-refractivity contribution < 1.29 is 9.47 Å². The van der Waals surface area contributed by atoms with E-state index in [0.29, 0.717) is 6.04 Å². The van der Waals surface area contributed by atoms with Crippen LogP contribution in [-0.4, -0.2) is 30.3 Å². The Morgan fingerprint density at radius 3 is 2.72 bits per heavy atom. The van der Waals surface area contributed by atoms with E-state index >= 15 is 0 Å². The number of nitrogens with zero attached hydrogens (tertiary/aromatic N) is 1. The van der Waals surface area contributed by atoms with Gasteiger partial charge in [-0.05, 0) is 56.8 Å². The van der Waals surface area contributed by atoms with Crippen LogP contribution < -0.4 is 10.1 Å². The highest BCUT2D eigenvalue weighted by Gasteiger charge is 2.48. The molecular formula is C25H32N2O2. The molecule has 3 aliphatic rings. The molecule has 1 aromatic heterocycles. The van der Waals surface area contributed by atoms with Crippen molar-refractivity contribution in [2.24, 2.45) is 0 Å². The number of ether oxygens (including phenoxy) is 2. The molecule has 1 N–H and O–H groups in total. The molecule has 1 aliphatic carbocycles. The van der Waals surface area contributed by atoms with Crippen molar-refractivity contribution in [2.45, 2.75) is 68.4 Å². The maximum absolute atomic E-state index is 6.38. The molecule has 0 bridgehead atoms. The third-order valence-corrected chi connectivity index (χ3v) is 7.33. The summed E-state index contributed by atoms with van der Waals surface area (Å²) >= 11 is 0. The number of pyridine rings is 1. The zero-order valence-electron chi connectivity index (χ0n) is 17.2. The van der Waals surface area contributed by atoms with E-state index in [1.807, 2.05) is 12.3 Å². The van der Waals surface area contributed by atoms with Crippen LogP contribution in [0, 0.1) is 0 Å². The molecule has 29 heavy (non-hydrogen) atoms. The van der Waals surface area contributed by atoms with Gasteiger partial charge in [0.2, 0.25) is 0 Å². The summed E-state index contributed by atoms with van der Waals surface area (Å²) in [5.74, 6) is 1.03. The minimum atomic E-state index is 0.0844. The smallest absolute Gasteiger partial charge is 0.124 e. The molecule has 3 heterocycles. The fourth-order valence-corrected chi connectivity index (χ4v) is 5.84. The summed E-state index contributed by atoms with van der Waals surface area (Å²) in [5, 5.41) is 3.85. The molecule has 154 valence electrons. The highest BCUT2D eigenvalue weighted by atomic mass is 16.5. The van der Waals surface area contributed by atoms with Gasteiger partial charge >= 0.3 is 0 Å². The average Bonchev–Trinajstić information content (AvgIpc) is 3.22. The van der Waals surface area contributed by atoms with Crippen molar-refractivity contribution in [1.82, 2.24) is 10.3 Å². The van der Waals surface area contributed by atoms with Gasteiger partial charge in [-0.3, -0.25) is 4.98 Å². The number of para-hydroxylation sites is 1. The van der Waals surface area contributed by atoms with Crippen LogP contribution in [0.5, 0.6) is 5.75 Å². The fourth-order valence-electron chi connectivity index (χ4n) is 5.84. The van der Waals surface area contributed by atoms with Crippen molar-refractivity contribution in [3.63, 3.8) is 0 Å². The maximum atomic E-state index is 6.38. The Labute approximate surface area is 174 Å². The number of benzene rings is 1. The molecule has 4 nitrogen and oxygen atoms in total. The van der Waals surface area contributed by atoms with Crippen LogP contribution in [0.4, 0.5) is 0 Å². The van der Waals surface area contributed by atoms with Gasteiger partial charge in [0.1, 0.15) is 5.75 Å². The predicted octanol–water partition coefficient (Wildman–Crippen LogP) is 4.95. The molecule has 1 spiro atoms. The molecular weight excluding hydrogens is 360 g/mol. The quantitative estimate of drug-likeness (QED) is 0.782. The number of fused-ring (bicyclic) bond motifs is 1. The van der Waals surface area contributed by atoms with Crippen LogP contribution >= 0.6 is 0 Å². The Kier molecular flexibility index (Phi) is 5.31. The van der Waals surface area contributed by atoms with Crippen molar-refractivity contribution in [1.29, 1.82) is 0 Å². The van der Waals surface area contributed by atoms with Gasteiger partial charge in [-0.25, -0.2) is 0 Å². The van der Waals surface area contributed by atoms with Crippen LogP contribution in [-0.2, 0) is 10.2 Å². The van der Waals surface area contributed by atoms with E-state index in [0.717, 1.165) is 51.2 Å². The maximum Gasteiger partial charge on any atom is 0.124 e. The van der Waals surface area contributed by atoms with Gasteiger partial charge in [0, 0.05) is 41.9 Å². The van der Waals surface area contributed by atoms with Crippen molar-refractivity contribution in [3.05, 3.63) is 59.9 Å². The minimum Gasteiger partial charge on any atom is -0.493 e. The highest BCUT2D eigenvalue weighted by Crippen LogP contribution is 2.49. The Bertz CT molecular complexity index is 819. The van der Waals surface area contributed by atoms with Crippen LogP contribution in [0.15, 0.2) is 48.7 Å². The first-order chi connectivity index (χ1) is 14.3. The lowest BCUT2D eigenvalue weighted by Gasteiger charge is -2.46. The first-order valence-corrected chi connectivity index (χ1v) is 11.3. The SMILES string of the molecule is c1ccc([C@]2(CCN[C@@H]3CCOc4ccccc43)CCOC3(CCCC3)C2)nc1. The molecule has 0 radical (unpaired) electrons. The van der Waals surface area contributed by atoms with Crippen LogP contribution in [0.2, 0.25) is 0 Å². The Morgan fingerprint density at radius 1 is 1.00 bits per heavy atom. The molecule has 0 unspecified atom stereocenters. The van der Waals surface area contributed by atoms with Gasteiger partial charge in [0.15, 0.2) is 0 Å². The summed E-state index contributed by atoms with van der Waals surface area (Å²) in [4.78, 5) is 4.83. The van der Waals surface area contributed by atoms with Gasteiger partial charge in [-0.15, -0.1) is 0 Å². The lowest BCUT2D eigenvalue weighted by atomic mass is 9.68. The molecule has 5 rings (SSSR count). The number of nitrogens with one attached hydrogen (secondary N) is 1. The third kappa shape index (κ3) is 3.80. The Morgan fingerprint density at radius 2 is 1.86 bits per heavy atom. The highest BCUT2D eigenvalue weighted by molar-refractivity contribution is 5.37. The standard InChI is InChI=1S/C25H32N2O2/c1-2-8-22-20(7-1)21(10-17-28-22)26-16-13-24(23-9-3-6-15-27-23)14-18-29-25(19-24)11-4-5-12-25/h1-3,6-9,15,21,26H,4-5,10-14,16-19H2/t21-,24-/m1/s1. The first-order valence-electron chi connectivity index (χ1n) is 11.3. The minimum absolute atomic E-state index is 0.0844. The van der Waals surface area contributed by atoms with E-state index < -0.39 is 0 Å². The summed E-state index contributed by atoms with van der Waals surface area (Å²) in [6.45, 7) is 2.64. The van der Waals surface area contributed by atoms with Gasteiger partial charge in [0.25, 0.3) is 0 Å². The number of aromatic nitrogens is 1. The second-order valence-corrected chi connectivity index (χ2v) is 9.09. The second kappa shape index (κ2) is 8.08. The van der Waals surface area contributed by atoms with E-state index in [1.165, 1.54) is 36.9 Å². The first kappa shape index (κ1) is 19.1. The van der Waals surface area contributed by atoms with Gasteiger partial charge < -0.3 is 14.8 Å². The predicted molar refractivity (Wildman–Crippen MR) is 114 cm³/mol. The molecule has 0 amide bonds. The molecule has 2 fully saturated rings. The fraction of sp³-hybridized carbons (Fsp3) is 0.560. The van der Waals surface area contributed by atoms with Gasteiger partial charge in [-0.1, -0.05) is 37.1 Å². The van der Waals surface area contributed by atoms with Crippen molar-refractivity contribution >= 4 is 0 Å². The number of hydrogen-bond donors (Lipinski definition) is 1. The molecule has 1 aromatic carbocycles. The number of hydrogen-bond acceptors (Lipinski definition) is 4. The van der Waals surface area contributed by atoms with E-state index in [-0.39, 0.29) is 11.0 Å². The zero-order chi connectivity index (χ0) is 19.6. The van der Waals surface area contributed by atoms with Crippen LogP contribution in [0.1, 0.15) is 68.7 Å². The Hall–Kier alpha value is -1.91. The topological polar surface area (TPSA) is 43.4 Å². The zero-order valence-corrected chi connectivity index (χ0v) is 17.2. The van der Waals surface area contributed by atoms with Gasteiger partial charge in [-0.2, -0.15) is 0 Å². The monoisotopic (exact) mass is 392 g/mol. The second-order valence-electron chi connectivity index (χ2n) is 9.09. The molecule has 1 saturated heterocycles. The van der Waals surface area contributed by atoms with E-state index in [4.69, 9.17) is 14.5 Å². The average molecular weight is 393 g/mol. The molecule has 1 saturated carbocycles. The summed E-state index contributed by atoms with van der Waals surface area (Å²) < 4.78 is 12.2. The van der Waals surface area contributed by atoms with Crippen LogP contribution in [0.25, 0.3) is 0 Å². The van der Waals surface area contributed by atoms with E-state index in [1.54, 1.807) is 0 Å². The summed E-state index contributed by atoms with van der Waals surface area (Å²) in [5.41, 5.74) is 2.75. The Balaban J connectivity index is 1.34. The lowest BCUT2D eigenvalue weighted by Crippen LogP contribution is -2.47. The summed E-state index contributed by atoms with van der Waals surface area (Å²) in [6, 6.07) is 15.2. The number of rotatable bonds is 5. The van der Waals surface area contributed by atoms with E-state index in [2.05, 4.69) is 41.7 Å². The van der Waals surface area contributed by atoms with Crippen LogP contribution in [0.3, 0.4) is 0 Å². The van der Waals surface area contributed by atoms with Crippen molar-refractivity contribution in [3.8, 4) is 5.75 Å². The van der Waals surface area contributed by atoms with E-state index in [9.17, 15) is 0 Å². The third-order valence-electron chi connectivity index (χ3n) is 7.33. The molecule has 2 aliphatic heterocycles. The molecule has 2 aromatic rings. The molecule has 2 atom stereocenters.